The first-order valence-electron chi connectivity index (χ1n) is 9.25. The third-order valence-electron chi connectivity index (χ3n) is 4.97. The lowest BCUT2D eigenvalue weighted by Gasteiger charge is -2.29. The maximum atomic E-state index is 12.0. The quantitative estimate of drug-likeness (QED) is 0.745. The van der Waals surface area contributed by atoms with Crippen LogP contribution in [0.4, 0.5) is 5.82 Å². The Morgan fingerprint density at radius 2 is 2.04 bits per heavy atom. The Morgan fingerprint density at radius 1 is 1.21 bits per heavy atom. The smallest absolute Gasteiger partial charge is 0.269 e. The second kappa shape index (κ2) is 6.95. The van der Waals surface area contributed by atoms with Gasteiger partial charge in [-0.1, -0.05) is 6.07 Å². The molecule has 0 saturated heterocycles. The van der Waals surface area contributed by atoms with E-state index in [1.165, 1.54) is 6.07 Å². The number of amides is 1. The second-order valence-corrected chi connectivity index (χ2v) is 7.13. The van der Waals surface area contributed by atoms with Crippen LogP contribution >= 0.6 is 0 Å². The van der Waals surface area contributed by atoms with Gasteiger partial charge in [-0.05, 0) is 32.0 Å². The summed E-state index contributed by atoms with van der Waals surface area (Å²) in [7, 11) is 0. The normalized spacial score (nSPS) is 13.6. The number of fused-ring (bicyclic) bond motifs is 1. The summed E-state index contributed by atoms with van der Waals surface area (Å²) in [6, 6.07) is 8.94. The van der Waals surface area contributed by atoms with Crippen LogP contribution in [0.2, 0.25) is 0 Å². The molecule has 0 fully saturated rings. The summed E-state index contributed by atoms with van der Waals surface area (Å²) >= 11 is 0. The molecule has 0 atom stereocenters. The number of hydrogen-bond acceptors (Lipinski definition) is 5. The van der Waals surface area contributed by atoms with E-state index in [0.29, 0.717) is 17.9 Å². The average Bonchev–Trinajstić information content (AvgIpc) is 3.08. The molecule has 1 aliphatic rings. The van der Waals surface area contributed by atoms with Crippen molar-refractivity contribution >= 4 is 11.7 Å². The van der Waals surface area contributed by atoms with Crippen molar-refractivity contribution in [1.29, 1.82) is 0 Å². The highest BCUT2D eigenvalue weighted by Crippen LogP contribution is 2.27. The Bertz CT molecular complexity index is 1080. The molecule has 3 aromatic heterocycles. The molecule has 2 N–H and O–H groups in total. The van der Waals surface area contributed by atoms with Crippen molar-refractivity contribution in [2.24, 2.45) is 5.73 Å². The Hall–Kier alpha value is -3.42. The van der Waals surface area contributed by atoms with Crippen molar-refractivity contribution in [3.8, 4) is 5.69 Å². The Kier molecular flexibility index (Phi) is 4.46. The molecule has 4 rings (SSSR count). The van der Waals surface area contributed by atoms with Gasteiger partial charge in [-0.3, -0.25) is 18.8 Å². The highest BCUT2D eigenvalue weighted by Gasteiger charge is 2.28. The summed E-state index contributed by atoms with van der Waals surface area (Å²) in [5.74, 6) is 0.273. The van der Waals surface area contributed by atoms with Crippen molar-refractivity contribution in [1.82, 2.24) is 19.3 Å². The first-order chi connectivity index (χ1) is 13.5. The molecule has 8 heteroatoms. The predicted octanol–water partition coefficient (Wildman–Crippen LogP) is 1.67. The zero-order chi connectivity index (χ0) is 19.8. The lowest BCUT2D eigenvalue weighted by molar-refractivity contribution is 0.0993. The number of pyridine rings is 2. The molecule has 8 nitrogen and oxygen atoms in total. The summed E-state index contributed by atoms with van der Waals surface area (Å²) in [6.45, 7) is 5.37. The molecule has 0 saturated carbocycles. The van der Waals surface area contributed by atoms with E-state index >= 15 is 0 Å². The van der Waals surface area contributed by atoms with Gasteiger partial charge in [-0.25, -0.2) is 4.98 Å². The highest BCUT2D eigenvalue weighted by atomic mass is 16.1. The Labute approximate surface area is 162 Å². The van der Waals surface area contributed by atoms with E-state index in [0.717, 1.165) is 30.0 Å². The third kappa shape index (κ3) is 3.06. The van der Waals surface area contributed by atoms with Crippen molar-refractivity contribution < 1.29 is 4.79 Å². The number of nitrogens with zero attached hydrogens (tertiary/aromatic N) is 5. The molecule has 28 heavy (non-hydrogen) atoms. The van der Waals surface area contributed by atoms with E-state index < -0.39 is 5.91 Å². The van der Waals surface area contributed by atoms with Gasteiger partial charge in [0, 0.05) is 49.1 Å². The molecule has 1 amide bonds. The Morgan fingerprint density at radius 3 is 2.68 bits per heavy atom. The predicted molar refractivity (Wildman–Crippen MR) is 106 cm³/mol. The number of primary amides is 1. The van der Waals surface area contributed by atoms with E-state index in [4.69, 9.17) is 5.73 Å². The molecule has 144 valence electrons. The molecule has 0 radical (unpaired) electrons. The number of nitrogens with two attached hydrogens (primary N) is 1. The fourth-order valence-electron chi connectivity index (χ4n) is 3.61. The van der Waals surface area contributed by atoms with Crippen molar-refractivity contribution in [3.05, 3.63) is 70.0 Å². The van der Waals surface area contributed by atoms with Gasteiger partial charge in [0.15, 0.2) is 5.69 Å². The van der Waals surface area contributed by atoms with Gasteiger partial charge < -0.3 is 10.6 Å². The number of rotatable bonds is 4. The first-order valence-corrected chi connectivity index (χ1v) is 9.25. The number of carbonyl (C=O) groups is 1. The maximum Gasteiger partial charge on any atom is 0.269 e. The number of hydrogen-bond donors (Lipinski definition) is 1. The molecule has 0 bridgehead atoms. The molecule has 0 spiro atoms. The molecule has 4 heterocycles. The van der Waals surface area contributed by atoms with Crippen LogP contribution in [0, 0.1) is 0 Å². The minimum Gasteiger partial charge on any atom is -0.364 e. The lowest BCUT2D eigenvalue weighted by atomic mass is 10.0. The molecule has 3 aromatic rings. The minimum absolute atomic E-state index is 0.105. The van der Waals surface area contributed by atoms with E-state index in [-0.39, 0.29) is 11.6 Å². The summed E-state index contributed by atoms with van der Waals surface area (Å²) in [6.07, 6.45) is 4.15. The summed E-state index contributed by atoms with van der Waals surface area (Å²) in [5.41, 5.74) is 8.42. The van der Waals surface area contributed by atoms with Crippen LogP contribution in [0.3, 0.4) is 0 Å². The van der Waals surface area contributed by atoms with E-state index in [1.807, 2.05) is 30.7 Å². The molecule has 0 aromatic carbocycles. The molecular weight excluding hydrogens is 356 g/mol. The minimum atomic E-state index is -0.510. The van der Waals surface area contributed by atoms with Crippen molar-refractivity contribution in [2.45, 2.75) is 32.9 Å². The monoisotopic (exact) mass is 378 g/mol. The average molecular weight is 378 g/mol. The van der Waals surface area contributed by atoms with Gasteiger partial charge >= 0.3 is 0 Å². The van der Waals surface area contributed by atoms with Gasteiger partial charge in [0.1, 0.15) is 5.82 Å². The third-order valence-corrected chi connectivity index (χ3v) is 4.97. The molecule has 0 unspecified atom stereocenters. The molecular formula is C20H22N6O2. The highest BCUT2D eigenvalue weighted by molar-refractivity contribution is 5.92. The standard InChI is InChI=1S/C20H22N6O2/c1-13(2)26-16-8-10-24(12-15(16)19(23-26)20(21)28)17-7-6-14(11-22-17)25-9-4-3-5-18(25)27/h3-7,9,11,13H,8,10,12H2,1-2H3,(H2,21,28). The summed E-state index contributed by atoms with van der Waals surface area (Å²) in [4.78, 5) is 30.5. The van der Waals surface area contributed by atoms with Crippen molar-refractivity contribution in [2.75, 3.05) is 11.4 Å². The van der Waals surface area contributed by atoms with Crippen LogP contribution in [-0.4, -0.2) is 31.8 Å². The number of carbonyl (C=O) groups excluding carboxylic acids is 1. The van der Waals surface area contributed by atoms with E-state index in [2.05, 4.69) is 15.0 Å². The van der Waals surface area contributed by atoms with Crippen LogP contribution in [0.5, 0.6) is 0 Å². The fourth-order valence-corrected chi connectivity index (χ4v) is 3.61. The summed E-state index contributed by atoms with van der Waals surface area (Å²) in [5, 5.41) is 4.44. The molecule has 0 aliphatic carbocycles. The fraction of sp³-hybridized carbons (Fsp3) is 0.300. The molecule has 1 aliphatic heterocycles. The van der Waals surface area contributed by atoms with Gasteiger partial charge in [0.2, 0.25) is 0 Å². The second-order valence-electron chi connectivity index (χ2n) is 7.13. The van der Waals surface area contributed by atoms with Gasteiger partial charge in [-0.2, -0.15) is 5.10 Å². The first kappa shape index (κ1) is 18.0. The van der Waals surface area contributed by atoms with Crippen LogP contribution in [0.25, 0.3) is 5.69 Å². The lowest BCUT2D eigenvalue weighted by Crippen LogP contribution is -2.32. The van der Waals surface area contributed by atoms with E-state index in [1.54, 1.807) is 29.1 Å². The number of aromatic nitrogens is 4. The van der Waals surface area contributed by atoms with Crippen LogP contribution in [0.15, 0.2) is 47.5 Å². The van der Waals surface area contributed by atoms with Crippen LogP contribution in [0.1, 0.15) is 41.6 Å². The Balaban J connectivity index is 1.64. The SMILES string of the molecule is CC(C)n1nc(C(N)=O)c2c1CCN(c1ccc(-n3ccccc3=O)cn1)C2. The maximum absolute atomic E-state index is 12.0. The van der Waals surface area contributed by atoms with Gasteiger partial charge in [-0.15, -0.1) is 0 Å². The van der Waals surface area contributed by atoms with Gasteiger partial charge in [0.05, 0.1) is 11.9 Å². The van der Waals surface area contributed by atoms with Crippen LogP contribution < -0.4 is 16.2 Å². The van der Waals surface area contributed by atoms with Crippen molar-refractivity contribution in [3.63, 3.8) is 0 Å². The van der Waals surface area contributed by atoms with Crippen LogP contribution in [-0.2, 0) is 13.0 Å². The number of anilines is 1. The zero-order valence-electron chi connectivity index (χ0n) is 15.9. The summed E-state index contributed by atoms with van der Waals surface area (Å²) < 4.78 is 3.44. The van der Waals surface area contributed by atoms with Gasteiger partial charge in [0.25, 0.3) is 11.5 Å². The van der Waals surface area contributed by atoms with E-state index in [9.17, 15) is 9.59 Å². The zero-order valence-corrected chi connectivity index (χ0v) is 15.9. The largest absolute Gasteiger partial charge is 0.364 e. The topological polar surface area (TPSA) is 99.0 Å².